The summed E-state index contributed by atoms with van der Waals surface area (Å²) in [5.41, 5.74) is 0. The first kappa shape index (κ1) is 19.5. The molecular weight excluding hydrogens is 274 g/mol. The summed E-state index contributed by atoms with van der Waals surface area (Å²) in [6.45, 7) is 3.46. The molecule has 0 saturated heterocycles. The van der Waals surface area contributed by atoms with Gasteiger partial charge in [0, 0.05) is 12.5 Å². The van der Waals surface area contributed by atoms with Crippen molar-refractivity contribution in [2.24, 2.45) is 5.92 Å². The lowest BCUT2D eigenvalue weighted by Gasteiger charge is -2.21. The first-order valence-corrected chi connectivity index (χ1v) is 9.69. The van der Waals surface area contributed by atoms with E-state index in [9.17, 15) is 4.79 Å². The van der Waals surface area contributed by atoms with Crippen LogP contribution in [-0.4, -0.2) is 23.7 Å². The van der Waals surface area contributed by atoms with Crippen LogP contribution in [0.25, 0.3) is 0 Å². The maximum Gasteiger partial charge on any atom is 0.303 e. The highest BCUT2D eigenvalue weighted by molar-refractivity contribution is 5.66. The van der Waals surface area contributed by atoms with Crippen molar-refractivity contribution in [1.82, 2.24) is 5.32 Å². The van der Waals surface area contributed by atoms with E-state index in [0.717, 1.165) is 24.8 Å². The molecule has 1 fully saturated rings. The topological polar surface area (TPSA) is 49.3 Å². The number of hydrogen-bond donors (Lipinski definition) is 2. The first-order valence-electron chi connectivity index (χ1n) is 9.69. The van der Waals surface area contributed by atoms with Gasteiger partial charge in [0.1, 0.15) is 0 Å². The third-order valence-electron chi connectivity index (χ3n) is 5.06. The van der Waals surface area contributed by atoms with Crippen LogP contribution in [0, 0.1) is 5.92 Å². The summed E-state index contributed by atoms with van der Waals surface area (Å²) in [4.78, 5) is 10.5. The van der Waals surface area contributed by atoms with Crippen LogP contribution in [0.5, 0.6) is 0 Å². The molecule has 0 bridgehead atoms. The molecule has 1 aliphatic carbocycles. The summed E-state index contributed by atoms with van der Waals surface area (Å²) < 4.78 is 0. The average molecular weight is 312 g/mol. The summed E-state index contributed by atoms with van der Waals surface area (Å²) in [7, 11) is 0. The van der Waals surface area contributed by atoms with Crippen molar-refractivity contribution in [3.8, 4) is 0 Å². The van der Waals surface area contributed by atoms with E-state index in [-0.39, 0.29) is 0 Å². The standard InChI is InChI=1S/C19H37NO2/c1-2-3-4-7-10-16-20-18-14-11-13-17(18)12-8-5-6-9-15-19(21)22/h17-18,20H,2-16H2,1H3,(H,21,22)/t17-,18-/m1/s1. The van der Waals surface area contributed by atoms with E-state index in [1.165, 1.54) is 77.2 Å². The Balaban J connectivity index is 1.99. The van der Waals surface area contributed by atoms with Gasteiger partial charge in [-0.15, -0.1) is 0 Å². The van der Waals surface area contributed by atoms with Gasteiger partial charge in [-0.2, -0.15) is 0 Å². The molecule has 2 atom stereocenters. The molecule has 3 heteroatoms. The fraction of sp³-hybridized carbons (Fsp3) is 0.947. The lowest BCUT2D eigenvalue weighted by Crippen LogP contribution is -2.33. The first-order chi connectivity index (χ1) is 10.7. The Morgan fingerprint density at radius 2 is 1.73 bits per heavy atom. The van der Waals surface area contributed by atoms with Crippen molar-refractivity contribution in [3.63, 3.8) is 0 Å². The van der Waals surface area contributed by atoms with Crippen LogP contribution in [0.3, 0.4) is 0 Å². The number of unbranched alkanes of at least 4 members (excludes halogenated alkanes) is 7. The predicted molar refractivity (Wildman–Crippen MR) is 93.2 cm³/mol. The fourth-order valence-corrected chi connectivity index (χ4v) is 3.70. The number of carboxylic acid groups (broad SMARTS) is 1. The quantitative estimate of drug-likeness (QED) is 0.437. The number of carbonyl (C=O) groups is 1. The molecule has 0 aromatic heterocycles. The second-order valence-corrected chi connectivity index (χ2v) is 7.01. The number of rotatable bonds is 14. The molecular formula is C19H37NO2. The normalized spacial score (nSPS) is 21.3. The monoisotopic (exact) mass is 311 g/mol. The number of carboxylic acids is 1. The highest BCUT2D eigenvalue weighted by Gasteiger charge is 2.25. The van der Waals surface area contributed by atoms with Gasteiger partial charge in [-0.3, -0.25) is 4.79 Å². The molecule has 0 heterocycles. The van der Waals surface area contributed by atoms with Gasteiger partial charge in [0.25, 0.3) is 0 Å². The van der Waals surface area contributed by atoms with Gasteiger partial charge in [0.15, 0.2) is 0 Å². The third kappa shape index (κ3) is 9.45. The minimum Gasteiger partial charge on any atom is -0.481 e. The predicted octanol–water partition coefficient (Wildman–Crippen LogP) is 5.14. The molecule has 1 aliphatic rings. The molecule has 0 aromatic carbocycles. The Labute approximate surface area is 137 Å². The summed E-state index contributed by atoms with van der Waals surface area (Å²) in [6, 6.07) is 0.755. The highest BCUT2D eigenvalue weighted by Crippen LogP contribution is 2.30. The van der Waals surface area contributed by atoms with Gasteiger partial charge in [0.2, 0.25) is 0 Å². The van der Waals surface area contributed by atoms with Crippen LogP contribution < -0.4 is 5.32 Å². The number of aliphatic carboxylic acids is 1. The zero-order valence-corrected chi connectivity index (χ0v) is 14.6. The average Bonchev–Trinajstić information content (AvgIpc) is 2.93. The second kappa shape index (κ2) is 12.9. The Hall–Kier alpha value is -0.570. The van der Waals surface area contributed by atoms with Gasteiger partial charge < -0.3 is 10.4 Å². The minimum absolute atomic E-state index is 0.339. The van der Waals surface area contributed by atoms with E-state index in [4.69, 9.17) is 5.11 Å². The summed E-state index contributed by atoms with van der Waals surface area (Å²) in [5.74, 6) is 0.217. The van der Waals surface area contributed by atoms with Gasteiger partial charge in [-0.1, -0.05) is 58.3 Å². The van der Waals surface area contributed by atoms with Gasteiger partial charge in [-0.25, -0.2) is 0 Å². The smallest absolute Gasteiger partial charge is 0.303 e. The highest BCUT2D eigenvalue weighted by atomic mass is 16.4. The maximum atomic E-state index is 10.5. The van der Waals surface area contributed by atoms with Crippen molar-refractivity contribution < 1.29 is 9.90 Å². The molecule has 0 radical (unpaired) electrons. The van der Waals surface area contributed by atoms with Gasteiger partial charge in [-0.05, 0) is 44.6 Å². The van der Waals surface area contributed by atoms with Crippen LogP contribution >= 0.6 is 0 Å². The van der Waals surface area contributed by atoms with Crippen LogP contribution in [0.4, 0.5) is 0 Å². The molecule has 130 valence electrons. The van der Waals surface area contributed by atoms with E-state index in [1.807, 2.05) is 0 Å². The Morgan fingerprint density at radius 3 is 2.50 bits per heavy atom. The Bertz CT molecular complexity index is 281. The molecule has 3 nitrogen and oxygen atoms in total. The summed E-state index contributed by atoms with van der Waals surface area (Å²) >= 11 is 0. The van der Waals surface area contributed by atoms with Gasteiger partial charge >= 0.3 is 5.97 Å². The largest absolute Gasteiger partial charge is 0.481 e. The van der Waals surface area contributed by atoms with Gasteiger partial charge in [0.05, 0.1) is 0 Å². The van der Waals surface area contributed by atoms with Crippen molar-refractivity contribution in [2.45, 2.75) is 103 Å². The van der Waals surface area contributed by atoms with Crippen LogP contribution in [-0.2, 0) is 4.79 Å². The SMILES string of the molecule is CCCCCCCN[C@@H]1CCC[C@H]1CCCCCCC(=O)O. The molecule has 0 aromatic rings. The van der Waals surface area contributed by atoms with E-state index in [1.54, 1.807) is 0 Å². The Morgan fingerprint density at radius 1 is 1.00 bits per heavy atom. The molecule has 0 aliphatic heterocycles. The lowest BCUT2D eigenvalue weighted by molar-refractivity contribution is -0.137. The zero-order chi connectivity index (χ0) is 16.0. The van der Waals surface area contributed by atoms with E-state index in [2.05, 4.69) is 12.2 Å². The van der Waals surface area contributed by atoms with E-state index >= 15 is 0 Å². The fourth-order valence-electron chi connectivity index (χ4n) is 3.70. The van der Waals surface area contributed by atoms with Crippen molar-refractivity contribution in [2.75, 3.05) is 6.54 Å². The van der Waals surface area contributed by atoms with Crippen LogP contribution in [0.15, 0.2) is 0 Å². The van der Waals surface area contributed by atoms with Crippen molar-refractivity contribution in [1.29, 1.82) is 0 Å². The molecule has 1 rings (SSSR count). The second-order valence-electron chi connectivity index (χ2n) is 7.01. The van der Waals surface area contributed by atoms with Crippen LogP contribution in [0.2, 0.25) is 0 Å². The zero-order valence-electron chi connectivity index (χ0n) is 14.6. The Kier molecular flexibility index (Phi) is 11.4. The molecule has 2 N–H and O–H groups in total. The third-order valence-corrected chi connectivity index (χ3v) is 5.06. The number of hydrogen-bond acceptors (Lipinski definition) is 2. The van der Waals surface area contributed by atoms with E-state index < -0.39 is 5.97 Å². The van der Waals surface area contributed by atoms with Crippen LogP contribution in [0.1, 0.15) is 96.8 Å². The lowest BCUT2D eigenvalue weighted by atomic mass is 9.95. The molecule has 1 saturated carbocycles. The minimum atomic E-state index is -0.654. The van der Waals surface area contributed by atoms with E-state index in [0.29, 0.717) is 6.42 Å². The van der Waals surface area contributed by atoms with Crippen molar-refractivity contribution >= 4 is 5.97 Å². The maximum absolute atomic E-state index is 10.5. The molecule has 0 unspecified atom stereocenters. The summed E-state index contributed by atoms with van der Waals surface area (Å²) in [6.07, 6.45) is 17.0. The molecule has 0 spiro atoms. The molecule has 0 amide bonds. The molecule has 22 heavy (non-hydrogen) atoms. The number of nitrogens with one attached hydrogen (secondary N) is 1. The summed E-state index contributed by atoms with van der Waals surface area (Å²) in [5, 5.41) is 12.4. The van der Waals surface area contributed by atoms with Crippen molar-refractivity contribution in [3.05, 3.63) is 0 Å².